The fraction of sp³-hybridized carbons (Fsp3) is 0.467. The zero-order chi connectivity index (χ0) is 13.4. The summed E-state index contributed by atoms with van der Waals surface area (Å²) in [7, 11) is 1.96. The van der Waals surface area contributed by atoms with E-state index in [0.29, 0.717) is 5.92 Å². The van der Waals surface area contributed by atoms with Crippen molar-refractivity contribution in [2.75, 3.05) is 0 Å². The normalized spacial score (nSPS) is 20.1. The quantitative estimate of drug-likeness (QED) is 0.896. The number of pyridine rings is 1. The van der Waals surface area contributed by atoms with E-state index >= 15 is 0 Å². The molecule has 100 valence electrons. The molecule has 0 spiro atoms. The first-order valence-corrected chi connectivity index (χ1v) is 6.86. The Balaban J connectivity index is 1.97. The van der Waals surface area contributed by atoms with Crippen molar-refractivity contribution >= 4 is 0 Å². The van der Waals surface area contributed by atoms with E-state index in [4.69, 9.17) is 5.73 Å². The summed E-state index contributed by atoms with van der Waals surface area (Å²) in [6.07, 6.45) is 5.29. The fourth-order valence-corrected chi connectivity index (χ4v) is 3.14. The van der Waals surface area contributed by atoms with Crippen LogP contribution in [0.25, 0.3) is 0 Å². The zero-order valence-corrected chi connectivity index (χ0v) is 11.5. The minimum atomic E-state index is -0.0276. The van der Waals surface area contributed by atoms with Crippen LogP contribution in [-0.4, -0.2) is 14.8 Å². The second kappa shape index (κ2) is 4.78. The third-order valence-corrected chi connectivity index (χ3v) is 4.05. The first-order chi connectivity index (χ1) is 9.16. The van der Waals surface area contributed by atoms with E-state index in [1.165, 1.54) is 17.7 Å². The molecule has 2 aromatic heterocycles. The average molecular weight is 256 g/mol. The molecule has 0 amide bonds. The van der Waals surface area contributed by atoms with Crippen LogP contribution < -0.4 is 5.73 Å². The van der Waals surface area contributed by atoms with E-state index in [0.717, 1.165) is 24.2 Å². The summed E-state index contributed by atoms with van der Waals surface area (Å²) in [4.78, 5) is 4.57. The second-order valence-corrected chi connectivity index (χ2v) is 5.41. The molecule has 0 saturated heterocycles. The van der Waals surface area contributed by atoms with Gasteiger partial charge >= 0.3 is 0 Å². The van der Waals surface area contributed by atoms with Gasteiger partial charge in [-0.2, -0.15) is 5.10 Å². The molecular weight excluding hydrogens is 236 g/mol. The lowest BCUT2D eigenvalue weighted by molar-refractivity contribution is 0.443. The fourth-order valence-electron chi connectivity index (χ4n) is 3.14. The van der Waals surface area contributed by atoms with Gasteiger partial charge in [0.1, 0.15) is 0 Å². The first-order valence-electron chi connectivity index (χ1n) is 6.86. The summed E-state index contributed by atoms with van der Waals surface area (Å²) in [6, 6.07) is 6.25. The first kappa shape index (κ1) is 12.4. The summed E-state index contributed by atoms with van der Waals surface area (Å²) in [5, 5.41) is 4.40. The molecule has 4 heteroatoms. The molecule has 2 aromatic rings. The Hall–Kier alpha value is -1.68. The van der Waals surface area contributed by atoms with Gasteiger partial charge in [-0.25, -0.2) is 0 Å². The number of rotatable bonds is 2. The smallest absolute Gasteiger partial charge is 0.0597 e. The molecule has 0 aromatic carbocycles. The van der Waals surface area contributed by atoms with E-state index in [-0.39, 0.29) is 6.04 Å². The van der Waals surface area contributed by atoms with Crippen molar-refractivity contribution in [2.45, 2.75) is 38.1 Å². The third kappa shape index (κ3) is 2.16. The number of fused-ring (bicyclic) bond motifs is 1. The SMILES string of the molecule is Cc1cc(C(N)C2CCCc3cccnc32)n(C)n1. The largest absolute Gasteiger partial charge is 0.322 e. The molecule has 4 nitrogen and oxygen atoms in total. The van der Waals surface area contributed by atoms with Crippen LogP contribution in [0.15, 0.2) is 24.4 Å². The molecule has 19 heavy (non-hydrogen) atoms. The molecule has 0 fully saturated rings. The molecule has 0 bridgehead atoms. The lowest BCUT2D eigenvalue weighted by Gasteiger charge is -2.29. The van der Waals surface area contributed by atoms with E-state index < -0.39 is 0 Å². The maximum atomic E-state index is 6.50. The Bertz CT molecular complexity index is 588. The van der Waals surface area contributed by atoms with Crippen molar-refractivity contribution in [3.05, 3.63) is 47.0 Å². The van der Waals surface area contributed by atoms with Gasteiger partial charge in [-0.1, -0.05) is 6.07 Å². The summed E-state index contributed by atoms with van der Waals surface area (Å²) >= 11 is 0. The summed E-state index contributed by atoms with van der Waals surface area (Å²) in [5.74, 6) is 0.305. The highest BCUT2D eigenvalue weighted by Crippen LogP contribution is 2.37. The summed E-state index contributed by atoms with van der Waals surface area (Å²) < 4.78 is 1.90. The summed E-state index contributed by atoms with van der Waals surface area (Å²) in [5.41, 5.74) is 11.1. The van der Waals surface area contributed by atoms with Crippen molar-refractivity contribution < 1.29 is 0 Å². The van der Waals surface area contributed by atoms with Crippen LogP contribution in [0.2, 0.25) is 0 Å². The highest BCUT2D eigenvalue weighted by molar-refractivity contribution is 5.29. The molecule has 2 N–H and O–H groups in total. The Labute approximate surface area is 113 Å². The Kier molecular flexibility index (Phi) is 3.11. The topological polar surface area (TPSA) is 56.7 Å². The monoisotopic (exact) mass is 256 g/mol. The lowest BCUT2D eigenvalue weighted by atomic mass is 9.81. The molecule has 0 radical (unpaired) electrons. The van der Waals surface area contributed by atoms with E-state index in [9.17, 15) is 0 Å². The van der Waals surface area contributed by atoms with Crippen molar-refractivity contribution in [1.82, 2.24) is 14.8 Å². The van der Waals surface area contributed by atoms with Gasteiger partial charge < -0.3 is 5.73 Å². The van der Waals surface area contributed by atoms with E-state index in [1.807, 2.05) is 30.9 Å². The van der Waals surface area contributed by atoms with Gasteiger partial charge in [0.2, 0.25) is 0 Å². The molecule has 1 aliphatic rings. The van der Waals surface area contributed by atoms with Crippen LogP contribution in [0.4, 0.5) is 0 Å². The van der Waals surface area contributed by atoms with Crippen LogP contribution in [0.3, 0.4) is 0 Å². The lowest BCUT2D eigenvalue weighted by Crippen LogP contribution is -2.26. The molecule has 2 unspecified atom stereocenters. The van der Waals surface area contributed by atoms with Gasteiger partial charge in [0.25, 0.3) is 0 Å². The molecule has 3 rings (SSSR count). The van der Waals surface area contributed by atoms with Crippen LogP contribution in [0.5, 0.6) is 0 Å². The molecule has 2 heterocycles. The third-order valence-electron chi connectivity index (χ3n) is 4.05. The predicted molar refractivity (Wildman–Crippen MR) is 74.8 cm³/mol. The highest BCUT2D eigenvalue weighted by atomic mass is 15.3. The Morgan fingerprint density at radius 2 is 2.32 bits per heavy atom. The van der Waals surface area contributed by atoms with E-state index in [1.54, 1.807) is 0 Å². The van der Waals surface area contributed by atoms with Crippen molar-refractivity contribution in [1.29, 1.82) is 0 Å². The minimum Gasteiger partial charge on any atom is -0.322 e. The standard InChI is InChI=1S/C15H20N4/c1-10-9-13(19(2)18-10)14(16)12-7-3-5-11-6-4-8-17-15(11)12/h4,6,8-9,12,14H,3,5,7,16H2,1-2H3. The van der Waals surface area contributed by atoms with Crippen molar-refractivity contribution in [3.8, 4) is 0 Å². The van der Waals surface area contributed by atoms with Gasteiger partial charge in [0, 0.05) is 24.9 Å². The number of nitrogens with zero attached hydrogens (tertiary/aromatic N) is 3. The maximum absolute atomic E-state index is 6.50. The molecule has 0 saturated carbocycles. The number of hydrogen-bond donors (Lipinski definition) is 1. The van der Waals surface area contributed by atoms with Gasteiger partial charge in [0.15, 0.2) is 0 Å². The minimum absolute atomic E-state index is 0.0276. The zero-order valence-electron chi connectivity index (χ0n) is 11.5. The molecular formula is C15H20N4. The van der Waals surface area contributed by atoms with Crippen molar-refractivity contribution in [3.63, 3.8) is 0 Å². The van der Waals surface area contributed by atoms with Crippen LogP contribution in [0.1, 0.15) is 47.4 Å². The Morgan fingerprint density at radius 1 is 1.47 bits per heavy atom. The van der Waals surface area contributed by atoms with Gasteiger partial charge in [-0.15, -0.1) is 0 Å². The van der Waals surface area contributed by atoms with Gasteiger partial charge in [-0.05, 0) is 43.9 Å². The number of aromatic nitrogens is 3. The maximum Gasteiger partial charge on any atom is 0.0597 e. The summed E-state index contributed by atoms with van der Waals surface area (Å²) in [6.45, 7) is 2.00. The molecule has 2 atom stereocenters. The predicted octanol–water partition coefficient (Wildman–Crippen LogP) is 2.24. The van der Waals surface area contributed by atoms with Gasteiger partial charge in [0.05, 0.1) is 17.4 Å². The number of aryl methyl sites for hydroxylation is 3. The van der Waals surface area contributed by atoms with Crippen molar-refractivity contribution in [2.24, 2.45) is 12.8 Å². The number of hydrogen-bond acceptors (Lipinski definition) is 3. The molecule has 1 aliphatic carbocycles. The van der Waals surface area contributed by atoms with Crippen LogP contribution in [-0.2, 0) is 13.5 Å². The number of nitrogens with two attached hydrogens (primary N) is 1. The molecule has 0 aliphatic heterocycles. The second-order valence-electron chi connectivity index (χ2n) is 5.41. The van der Waals surface area contributed by atoms with Gasteiger partial charge in [-0.3, -0.25) is 9.67 Å². The average Bonchev–Trinajstić information content (AvgIpc) is 2.76. The van der Waals surface area contributed by atoms with Crippen LogP contribution >= 0.6 is 0 Å². The van der Waals surface area contributed by atoms with Crippen LogP contribution in [0, 0.1) is 6.92 Å². The highest BCUT2D eigenvalue weighted by Gasteiger charge is 2.29. The van der Waals surface area contributed by atoms with E-state index in [2.05, 4.69) is 22.2 Å². The Morgan fingerprint density at radius 3 is 3.05 bits per heavy atom.